The minimum Gasteiger partial charge on any atom is -0.357 e. The summed E-state index contributed by atoms with van der Waals surface area (Å²) in [6.07, 6.45) is 1.50. The van der Waals surface area contributed by atoms with Gasteiger partial charge in [0, 0.05) is 49.3 Å². The molecule has 1 unspecified atom stereocenters. The minimum absolute atomic E-state index is 0.0581. The number of aliphatic imine (C=N–C) groups is 1. The molecule has 0 bridgehead atoms. The van der Waals surface area contributed by atoms with Crippen molar-refractivity contribution in [3.63, 3.8) is 0 Å². The molecular formula is C24H35N5OS. The molecule has 3 rings (SSSR count). The topological polar surface area (TPSA) is 69.6 Å². The zero-order valence-electron chi connectivity index (χ0n) is 19.1. The Morgan fingerprint density at radius 1 is 1.26 bits per heavy atom. The Hall–Kier alpha value is -2.41. The van der Waals surface area contributed by atoms with Gasteiger partial charge in [-0.25, -0.2) is 9.98 Å². The van der Waals surface area contributed by atoms with E-state index in [2.05, 4.69) is 55.8 Å². The number of guanidine groups is 1. The third-order valence-corrected chi connectivity index (χ3v) is 6.24. The summed E-state index contributed by atoms with van der Waals surface area (Å²) >= 11 is 1.66. The molecule has 1 aliphatic rings. The zero-order valence-corrected chi connectivity index (χ0v) is 20.0. The van der Waals surface area contributed by atoms with Crippen LogP contribution in [0.5, 0.6) is 0 Å². The third kappa shape index (κ3) is 7.06. The molecule has 0 radical (unpaired) electrons. The molecule has 2 heterocycles. The van der Waals surface area contributed by atoms with E-state index in [1.807, 2.05) is 23.1 Å². The summed E-state index contributed by atoms with van der Waals surface area (Å²) in [5, 5.41) is 9.86. The monoisotopic (exact) mass is 441 g/mol. The van der Waals surface area contributed by atoms with Gasteiger partial charge in [-0.05, 0) is 18.9 Å². The highest BCUT2D eigenvalue weighted by Gasteiger charge is 2.29. The molecule has 1 atom stereocenters. The van der Waals surface area contributed by atoms with Crippen molar-refractivity contribution in [2.75, 3.05) is 26.2 Å². The molecule has 0 saturated carbocycles. The molecule has 0 spiro atoms. The molecule has 2 N–H and O–H groups in total. The van der Waals surface area contributed by atoms with Gasteiger partial charge in [-0.15, -0.1) is 11.3 Å². The highest BCUT2D eigenvalue weighted by Crippen LogP contribution is 2.24. The number of amides is 1. The standard InChI is InChI=1S/C24H35N5OS/c1-5-25-23(27-15-21-28-20(17-31-21)24(2,3)4)26-14-19-13-22(30)29(16-19)12-11-18-9-7-6-8-10-18/h6-10,17,19H,5,11-16H2,1-4H3,(H2,25,26,27). The first-order chi connectivity index (χ1) is 14.8. The Balaban J connectivity index is 1.48. The lowest BCUT2D eigenvalue weighted by molar-refractivity contribution is -0.127. The largest absolute Gasteiger partial charge is 0.357 e. The average molecular weight is 442 g/mol. The summed E-state index contributed by atoms with van der Waals surface area (Å²) in [5.74, 6) is 1.34. The van der Waals surface area contributed by atoms with Crippen LogP contribution in [0, 0.1) is 5.92 Å². The van der Waals surface area contributed by atoms with Crippen LogP contribution in [0.4, 0.5) is 0 Å². The number of rotatable bonds is 8. The van der Waals surface area contributed by atoms with Crippen LogP contribution in [-0.2, 0) is 23.2 Å². The van der Waals surface area contributed by atoms with Crippen LogP contribution >= 0.6 is 11.3 Å². The molecule has 1 aromatic carbocycles. The second-order valence-electron chi connectivity index (χ2n) is 9.10. The van der Waals surface area contributed by atoms with E-state index < -0.39 is 0 Å². The molecule has 6 nitrogen and oxygen atoms in total. The SMILES string of the molecule is CCNC(=NCc1nc(C(C)(C)C)cs1)NCC1CC(=O)N(CCc2ccccc2)C1. The number of aromatic nitrogens is 1. The number of hydrogen-bond donors (Lipinski definition) is 2. The second kappa shape index (κ2) is 10.8. The lowest BCUT2D eigenvalue weighted by Gasteiger charge is -2.18. The first-order valence-electron chi connectivity index (χ1n) is 11.1. The van der Waals surface area contributed by atoms with Crippen molar-refractivity contribution in [2.24, 2.45) is 10.9 Å². The number of carbonyl (C=O) groups is 1. The predicted octanol–water partition coefficient (Wildman–Crippen LogP) is 3.59. The zero-order chi connectivity index (χ0) is 22.3. The molecule has 1 fully saturated rings. The van der Waals surface area contributed by atoms with Gasteiger partial charge in [0.05, 0.1) is 12.2 Å². The normalized spacial score (nSPS) is 17.3. The fraction of sp³-hybridized carbons (Fsp3) is 0.542. The van der Waals surface area contributed by atoms with Crippen molar-refractivity contribution in [1.82, 2.24) is 20.5 Å². The molecule has 31 heavy (non-hydrogen) atoms. The number of nitrogens with one attached hydrogen (secondary N) is 2. The molecular weight excluding hydrogens is 406 g/mol. The Morgan fingerprint density at radius 3 is 2.71 bits per heavy atom. The third-order valence-electron chi connectivity index (χ3n) is 5.40. The quantitative estimate of drug-likeness (QED) is 0.485. The maximum Gasteiger partial charge on any atom is 0.223 e. The average Bonchev–Trinajstić information content (AvgIpc) is 3.36. The maximum atomic E-state index is 12.4. The lowest BCUT2D eigenvalue weighted by Crippen LogP contribution is -2.40. The highest BCUT2D eigenvalue weighted by atomic mass is 32.1. The number of benzene rings is 1. The number of likely N-dealkylation sites (tertiary alicyclic amines) is 1. The fourth-order valence-electron chi connectivity index (χ4n) is 3.57. The van der Waals surface area contributed by atoms with Crippen molar-refractivity contribution < 1.29 is 4.79 Å². The van der Waals surface area contributed by atoms with E-state index >= 15 is 0 Å². The van der Waals surface area contributed by atoms with Crippen molar-refractivity contribution in [3.8, 4) is 0 Å². The Labute approximate surface area is 190 Å². The molecule has 1 saturated heterocycles. The van der Waals surface area contributed by atoms with Crippen molar-refractivity contribution in [3.05, 3.63) is 52.0 Å². The van der Waals surface area contributed by atoms with Crippen LogP contribution in [-0.4, -0.2) is 47.9 Å². The molecule has 2 aromatic rings. The molecule has 1 aromatic heterocycles. The van der Waals surface area contributed by atoms with Gasteiger partial charge in [0.2, 0.25) is 5.91 Å². The van der Waals surface area contributed by atoms with Crippen LogP contribution in [0.2, 0.25) is 0 Å². The van der Waals surface area contributed by atoms with Gasteiger partial charge < -0.3 is 15.5 Å². The Kier molecular flexibility index (Phi) is 8.07. The second-order valence-corrected chi connectivity index (χ2v) is 10.0. The van der Waals surface area contributed by atoms with Crippen LogP contribution in [0.3, 0.4) is 0 Å². The summed E-state index contributed by atoms with van der Waals surface area (Å²) in [6.45, 7) is 12.3. The highest BCUT2D eigenvalue weighted by molar-refractivity contribution is 7.09. The lowest BCUT2D eigenvalue weighted by atomic mass is 9.93. The van der Waals surface area contributed by atoms with Gasteiger partial charge in [-0.1, -0.05) is 51.1 Å². The van der Waals surface area contributed by atoms with Gasteiger partial charge in [-0.3, -0.25) is 4.79 Å². The number of carbonyl (C=O) groups excluding carboxylic acids is 1. The van der Waals surface area contributed by atoms with E-state index in [0.29, 0.717) is 18.9 Å². The summed E-state index contributed by atoms with van der Waals surface area (Å²) in [6, 6.07) is 10.3. The van der Waals surface area contributed by atoms with E-state index in [0.717, 1.165) is 49.3 Å². The van der Waals surface area contributed by atoms with Crippen LogP contribution in [0.15, 0.2) is 40.7 Å². The van der Waals surface area contributed by atoms with Crippen molar-refractivity contribution in [1.29, 1.82) is 0 Å². The fourth-order valence-corrected chi connectivity index (χ4v) is 4.52. The van der Waals surface area contributed by atoms with E-state index in [1.165, 1.54) is 5.56 Å². The Morgan fingerprint density at radius 2 is 2.03 bits per heavy atom. The van der Waals surface area contributed by atoms with Gasteiger partial charge in [0.15, 0.2) is 5.96 Å². The van der Waals surface area contributed by atoms with Crippen LogP contribution < -0.4 is 10.6 Å². The van der Waals surface area contributed by atoms with E-state index in [4.69, 9.17) is 9.98 Å². The van der Waals surface area contributed by atoms with E-state index in [1.54, 1.807) is 11.3 Å². The smallest absolute Gasteiger partial charge is 0.223 e. The number of thiazole rings is 1. The van der Waals surface area contributed by atoms with Gasteiger partial charge in [0.1, 0.15) is 5.01 Å². The van der Waals surface area contributed by atoms with Crippen LogP contribution in [0.25, 0.3) is 0 Å². The van der Waals surface area contributed by atoms with Crippen molar-refractivity contribution in [2.45, 2.75) is 52.5 Å². The van der Waals surface area contributed by atoms with E-state index in [9.17, 15) is 4.79 Å². The van der Waals surface area contributed by atoms with Gasteiger partial charge >= 0.3 is 0 Å². The molecule has 0 aliphatic carbocycles. The molecule has 7 heteroatoms. The summed E-state index contributed by atoms with van der Waals surface area (Å²) in [7, 11) is 0. The minimum atomic E-state index is 0.0581. The molecule has 1 aliphatic heterocycles. The first kappa shape index (κ1) is 23.3. The Bertz CT molecular complexity index is 872. The van der Waals surface area contributed by atoms with Crippen LogP contribution in [0.1, 0.15) is 50.4 Å². The summed E-state index contributed by atoms with van der Waals surface area (Å²) in [5.41, 5.74) is 2.44. The first-order valence-corrected chi connectivity index (χ1v) is 12.0. The van der Waals surface area contributed by atoms with Gasteiger partial charge in [0.25, 0.3) is 0 Å². The summed E-state index contributed by atoms with van der Waals surface area (Å²) in [4.78, 5) is 23.8. The molecule has 168 valence electrons. The maximum absolute atomic E-state index is 12.4. The van der Waals surface area contributed by atoms with E-state index in [-0.39, 0.29) is 11.3 Å². The summed E-state index contributed by atoms with van der Waals surface area (Å²) < 4.78 is 0. The predicted molar refractivity (Wildman–Crippen MR) is 128 cm³/mol. The number of hydrogen-bond acceptors (Lipinski definition) is 4. The van der Waals surface area contributed by atoms with Crippen molar-refractivity contribution >= 4 is 23.2 Å². The number of nitrogens with zero attached hydrogens (tertiary/aromatic N) is 3. The van der Waals surface area contributed by atoms with Gasteiger partial charge in [-0.2, -0.15) is 0 Å². The molecule has 1 amide bonds.